The van der Waals surface area contributed by atoms with Crippen LogP contribution in [-0.4, -0.2) is 30.9 Å². The molecule has 0 heterocycles. The predicted molar refractivity (Wildman–Crippen MR) is 108 cm³/mol. The lowest BCUT2D eigenvalue weighted by Gasteiger charge is -2.26. The summed E-state index contributed by atoms with van der Waals surface area (Å²) >= 11 is 0. The van der Waals surface area contributed by atoms with Gasteiger partial charge in [0.2, 0.25) is 11.8 Å². The summed E-state index contributed by atoms with van der Waals surface area (Å²) in [7, 11) is 0. The molecule has 1 aliphatic carbocycles. The summed E-state index contributed by atoms with van der Waals surface area (Å²) < 4.78 is 0. The molecule has 0 radical (unpaired) electrons. The summed E-state index contributed by atoms with van der Waals surface area (Å²) in [6.45, 7) is 11.5. The minimum absolute atomic E-state index is 0.195. The van der Waals surface area contributed by atoms with E-state index in [0.29, 0.717) is 0 Å². The molecule has 0 aromatic heterocycles. The number of amides is 2. The van der Waals surface area contributed by atoms with Crippen molar-refractivity contribution in [1.82, 2.24) is 5.32 Å². The van der Waals surface area contributed by atoms with Crippen LogP contribution in [0.15, 0.2) is 18.2 Å². The molecule has 26 heavy (non-hydrogen) atoms. The van der Waals surface area contributed by atoms with E-state index in [1.165, 1.54) is 0 Å². The molecule has 0 unspecified atom stereocenters. The Hall–Kier alpha value is -2.04. The quantitative estimate of drug-likeness (QED) is 0.727. The maximum atomic E-state index is 12.8. The molecule has 1 aliphatic rings. The number of carbonyl (C=O) groups excluding carboxylic acids is 2. The van der Waals surface area contributed by atoms with Gasteiger partial charge < -0.3 is 15.5 Å². The second-order valence-electron chi connectivity index (χ2n) is 7.71. The number of carbonyl (C=O) groups is 2. The van der Waals surface area contributed by atoms with E-state index in [9.17, 15) is 9.59 Å². The molecule has 0 bridgehead atoms. The molecule has 0 saturated heterocycles. The second-order valence-corrected chi connectivity index (χ2v) is 7.71. The zero-order chi connectivity index (χ0) is 19.3. The SMILES string of the molecule is CCN(CC)c1ccc(NC(=O)C(C)(C)C(=O)NC2CCCC2)c(C)c1. The lowest BCUT2D eigenvalue weighted by Crippen LogP contribution is -2.48. The van der Waals surface area contributed by atoms with Crippen LogP contribution in [0.25, 0.3) is 0 Å². The van der Waals surface area contributed by atoms with Crippen LogP contribution in [0, 0.1) is 12.3 Å². The summed E-state index contributed by atoms with van der Waals surface area (Å²) in [4.78, 5) is 27.6. The maximum Gasteiger partial charge on any atom is 0.239 e. The fraction of sp³-hybridized carbons (Fsp3) is 0.619. The highest BCUT2D eigenvalue weighted by Crippen LogP contribution is 2.26. The van der Waals surface area contributed by atoms with Gasteiger partial charge in [0.25, 0.3) is 0 Å². The number of benzene rings is 1. The molecule has 5 heteroatoms. The van der Waals surface area contributed by atoms with Gasteiger partial charge in [0.1, 0.15) is 5.41 Å². The van der Waals surface area contributed by atoms with Crippen molar-refractivity contribution in [3.63, 3.8) is 0 Å². The van der Waals surface area contributed by atoms with Gasteiger partial charge in [-0.25, -0.2) is 0 Å². The average molecular weight is 360 g/mol. The van der Waals surface area contributed by atoms with Gasteiger partial charge in [0.05, 0.1) is 0 Å². The smallest absolute Gasteiger partial charge is 0.239 e. The number of hydrogen-bond donors (Lipinski definition) is 2. The largest absolute Gasteiger partial charge is 0.372 e. The molecule has 2 rings (SSSR count). The monoisotopic (exact) mass is 359 g/mol. The molecular formula is C21H33N3O2. The number of rotatable bonds is 7. The van der Waals surface area contributed by atoms with Gasteiger partial charge in [-0.2, -0.15) is 0 Å². The second kappa shape index (κ2) is 8.56. The van der Waals surface area contributed by atoms with E-state index in [1.807, 2.05) is 19.1 Å². The number of hydrogen-bond acceptors (Lipinski definition) is 3. The first-order chi connectivity index (χ1) is 12.3. The van der Waals surface area contributed by atoms with Gasteiger partial charge in [0, 0.05) is 30.5 Å². The van der Waals surface area contributed by atoms with Gasteiger partial charge >= 0.3 is 0 Å². The van der Waals surface area contributed by atoms with Crippen LogP contribution < -0.4 is 15.5 Å². The van der Waals surface area contributed by atoms with Gasteiger partial charge in [0.15, 0.2) is 0 Å². The number of nitrogens with zero attached hydrogens (tertiary/aromatic N) is 1. The Morgan fingerprint density at radius 1 is 1.12 bits per heavy atom. The third kappa shape index (κ3) is 4.57. The minimum atomic E-state index is -1.10. The van der Waals surface area contributed by atoms with Crippen LogP contribution in [0.1, 0.15) is 58.9 Å². The van der Waals surface area contributed by atoms with E-state index in [4.69, 9.17) is 0 Å². The molecule has 5 nitrogen and oxygen atoms in total. The fourth-order valence-electron chi connectivity index (χ4n) is 3.39. The van der Waals surface area contributed by atoms with Crippen LogP contribution in [0.4, 0.5) is 11.4 Å². The first-order valence-electron chi connectivity index (χ1n) is 9.77. The van der Waals surface area contributed by atoms with E-state index in [-0.39, 0.29) is 17.9 Å². The molecule has 1 aromatic rings. The standard InChI is InChI=1S/C21H33N3O2/c1-6-24(7-2)17-12-13-18(15(3)14-17)23-20(26)21(4,5)19(25)22-16-10-8-9-11-16/h12-14,16H,6-11H2,1-5H3,(H,22,25)(H,23,26). The van der Waals surface area contributed by atoms with Crippen LogP contribution in [0.3, 0.4) is 0 Å². The van der Waals surface area contributed by atoms with Crippen molar-refractivity contribution < 1.29 is 9.59 Å². The fourth-order valence-corrected chi connectivity index (χ4v) is 3.39. The highest BCUT2D eigenvalue weighted by molar-refractivity contribution is 6.10. The summed E-state index contributed by atoms with van der Waals surface area (Å²) in [5.74, 6) is -0.467. The molecule has 2 amide bonds. The van der Waals surface area contributed by atoms with Crippen LogP contribution in [-0.2, 0) is 9.59 Å². The zero-order valence-electron chi connectivity index (χ0n) is 16.8. The first kappa shape index (κ1) is 20.3. The van der Waals surface area contributed by atoms with Crippen molar-refractivity contribution in [2.75, 3.05) is 23.3 Å². The number of anilines is 2. The summed E-state index contributed by atoms with van der Waals surface area (Å²) in [6.07, 6.45) is 4.32. The molecule has 1 saturated carbocycles. The Labute approximate surface area is 157 Å². The molecular weight excluding hydrogens is 326 g/mol. The van der Waals surface area contributed by atoms with Crippen molar-refractivity contribution in [1.29, 1.82) is 0 Å². The van der Waals surface area contributed by atoms with Gasteiger partial charge in [-0.1, -0.05) is 12.8 Å². The van der Waals surface area contributed by atoms with Crippen molar-refractivity contribution in [3.8, 4) is 0 Å². The third-order valence-corrected chi connectivity index (χ3v) is 5.41. The third-order valence-electron chi connectivity index (χ3n) is 5.41. The van der Waals surface area contributed by atoms with E-state index < -0.39 is 5.41 Å². The Bertz CT molecular complexity index is 645. The molecule has 2 N–H and O–H groups in total. The van der Waals surface area contributed by atoms with Crippen molar-refractivity contribution in [2.24, 2.45) is 5.41 Å². The van der Waals surface area contributed by atoms with E-state index >= 15 is 0 Å². The van der Waals surface area contributed by atoms with Crippen molar-refractivity contribution in [2.45, 2.75) is 66.3 Å². The lowest BCUT2D eigenvalue weighted by molar-refractivity contribution is -0.138. The van der Waals surface area contributed by atoms with Crippen molar-refractivity contribution >= 4 is 23.2 Å². The minimum Gasteiger partial charge on any atom is -0.372 e. The maximum absolute atomic E-state index is 12.8. The van der Waals surface area contributed by atoms with E-state index in [1.54, 1.807) is 13.8 Å². The summed E-state index contributed by atoms with van der Waals surface area (Å²) in [5, 5.41) is 5.97. The summed E-state index contributed by atoms with van der Waals surface area (Å²) in [5.41, 5.74) is 1.79. The van der Waals surface area contributed by atoms with Crippen LogP contribution in [0.2, 0.25) is 0 Å². The number of nitrogens with one attached hydrogen (secondary N) is 2. The Kier molecular flexibility index (Phi) is 6.68. The van der Waals surface area contributed by atoms with Gasteiger partial charge in [-0.05, 0) is 71.2 Å². The molecule has 1 aromatic carbocycles. The Balaban J connectivity index is 2.06. The predicted octanol–water partition coefficient (Wildman–Crippen LogP) is 3.86. The molecule has 0 atom stereocenters. The highest BCUT2D eigenvalue weighted by atomic mass is 16.2. The first-order valence-corrected chi connectivity index (χ1v) is 9.77. The van der Waals surface area contributed by atoms with Gasteiger partial charge in [-0.3, -0.25) is 9.59 Å². The Morgan fingerprint density at radius 3 is 2.27 bits per heavy atom. The van der Waals surface area contributed by atoms with Crippen LogP contribution >= 0.6 is 0 Å². The van der Waals surface area contributed by atoms with E-state index in [2.05, 4.69) is 35.4 Å². The average Bonchev–Trinajstić information content (AvgIpc) is 3.11. The number of aryl methyl sites for hydroxylation is 1. The normalized spacial score (nSPS) is 15.0. The van der Waals surface area contributed by atoms with Crippen molar-refractivity contribution in [3.05, 3.63) is 23.8 Å². The van der Waals surface area contributed by atoms with E-state index in [0.717, 1.165) is 55.7 Å². The van der Waals surface area contributed by atoms with Gasteiger partial charge in [-0.15, -0.1) is 0 Å². The zero-order valence-corrected chi connectivity index (χ0v) is 16.8. The molecule has 1 fully saturated rings. The molecule has 0 spiro atoms. The summed E-state index contributed by atoms with van der Waals surface area (Å²) in [6, 6.07) is 6.23. The lowest BCUT2D eigenvalue weighted by atomic mass is 9.90. The molecule has 144 valence electrons. The highest BCUT2D eigenvalue weighted by Gasteiger charge is 2.37. The topological polar surface area (TPSA) is 61.4 Å². The molecule has 0 aliphatic heterocycles. The Morgan fingerprint density at radius 2 is 1.73 bits per heavy atom. The van der Waals surface area contributed by atoms with Crippen LogP contribution in [0.5, 0.6) is 0 Å².